The van der Waals surface area contributed by atoms with E-state index in [-0.39, 0.29) is 70.4 Å². The van der Waals surface area contributed by atoms with Gasteiger partial charge in [0.1, 0.15) is 42.3 Å². The number of H-pyrrole nitrogens is 2. The Bertz CT molecular complexity index is 2530. The molecular weight excluding hydrogens is 919 g/mol. The highest BCUT2D eigenvalue weighted by Gasteiger charge is 2.35. The van der Waals surface area contributed by atoms with Crippen LogP contribution < -0.4 is 59.7 Å². The molecule has 24 nitrogen and oxygen atoms in total. The number of rotatable bonds is 14. The van der Waals surface area contributed by atoms with Crippen molar-refractivity contribution in [2.24, 2.45) is 22.2 Å². The van der Waals surface area contributed by atoms with Gasteiger partial charge in [-0.15, -0.1) is 0 Å². The van der Waals surface area contributed by atoms with Gasteiger partial charge in [0, 0.05) is 68.3 Å². The van der Waals surface area contributed by atoms with Crippen LogP contribution in [0.3, 0.4) is 0 Å². The molecule has 1 aliphatic heterocycles. The molecule has 2 aromatic carbocycles. The molecule has 2 aromatic heterocycles. The second-order valence-corrected chi connectivity index (χ2v) is 17.2. The lowest BCUT2D eigenvalue weighted by molar-refractivity contribution is -0.136. The summed E-state index contributed by atoms with van der Waals surface area (Å²) in [4.78, 5) is 137. The number of primary amides is 1. The van der Waals surface area contributed by atoms with Gasteiger partial charge in [-0.25, -0.2) is 4.98 Å². The van der Waals surface area contributed by atoms with Crippen molar-refractivity contribution in [2.45, 2.75) is 114 Å². The van der Waals surface area contributed by atoms with E-state index in [2.05, 4.69) is 62.5 Å². The van der Waals surface area contributed by atoms with Gasteiger partial charge in [-0.05, 0) is 56.2 Å². The third kappa shape index (κ3) is 17.0. The molecule has 0 aliphatic carbocycles. The number of aliphatic imine (C=N–C) groups is 1. The zero-order valence-corrected chi connectivity index (χ0v) is 39.5. The molecule has 1 aliphatic rings. The second-order valence-electron chi connectivity index (χ2n) is 17.2. The maximum atomic E-state index is 14.4. The predicted octanol–water partition coefficient (Wildman–Crippen LogP) is -2.42. The molecule has 0 radical (unpaired) electrons. The van der Waals surface area contributed by atoms with E-state index < -0.39 is 102 Å². The average molecular weight is 982 g/mol. The van der Waals surface area contributed by atoms with E-state index in [1.54, 1.807) is 36.5 Å². The first-order chi connectivity index (χ1) is 34.0. The summed E-state index contributed by atoms with van der Waals surface area (Å²) >= 11 is 0. The van der Waals surface area contributed by atoms with E-state index in [1.165, 1.54) is 26.4 Å². The Morgan fingerprint density at radius 2 is 1.44 bits per heavy atom. The summed E-state index contributed by atoms with van der Waals surface area (Å²) in [7, 11) is 0. The summed E-state index contributed by atoms with van der Waals surface area (Å²) in [6.07, 6.45) is 4.42. The van der Waals surface area contributed by atoms with Crippen LogP contribution in [0.4, 0.5) is 0 Å². The van der Waals surface area contributed by atoms with E-state index in [0.29, 0.717) is 16.8 Å². The SMILES string of the molecule is CC(=O)NC(CCCN=C(N)N)C(=O)NC1CC(=O)NCCCCC(C(N)=O)NC(=O)C(Cc2c[nH]c3ccccc23)NC(=O)C(C)NC(=O)C(Cc2ccccc2)NC(=O)C(Cc2cnc[nH]2)NC1=O. The summed E-state index contributed by atoms with van der Waals surface area (Å²) in [5, 5.41) is 21.9. The molecule has 7 unspecified atom stereocenters. The summed E-state index contributed by atoms with van der Waals surface area (Å²) in [5.74, 6) is -7.21. The van der Waals surface area contributed by atoms with Crippen LogP contribution in [0.2, 0.25) is 0 Å². The normalized spacial score (nSPS) is 21.7. The first kappa shape index (κ1) is 53.6. The van der Waals surface area contributed by atoms with Crippen LogP contribution in [-0.2, 0) is 62.4 Å². The number of amides is 9. The van der Waals surface area contributed by atoms with Crippen molar-refractivity contribution in [2.75, 3.05) is 13.1 Å². The highest BCUT2D eigenvalue weighted by atomic mass is 16.2. The van der Waals surface area contributed by atoms with Crippen LogP contribution >= 0.6 is 0 Å². The van der Waals surface area contributed by atoms with E-state index >= 15 is 0 Å². The molecule has 71 heavy (non-hydrogen) atoms. The Morgan fingerprint density at radius 3 is 2.14 bits per heavy atom. The minimum absolute atomic E-state index is 0.0231. The molecule has 1 saturated heterocycles. The highest BCUT2D eigenvalue weighted by molar-refractivity contribution is 5.99. The number of nitrogens with two attached hydrogens (primary N) is 3. The van der Waals surface area contributed by atoms with Crippen LogP contribution in [0.1, 0.15) is 69.2 Å². The lowest BCUT2D eigenvalue weighted by Gasteiger charge is -2.27. The van der Waals surface area contributed by atoms with E-state index in [9.17, 15) is 43.2 Å². The van der Waals surface area contributed by atoms with E-state index in [0.717, 1.165) is 10.9 Å². The Hall–Kier alpha value is -8.31. The fraction of sp³-hybridized carbons (Fsp3) is 0.426. The highest BCUT2D eigenvalue weighted by Crippen LogP contribution is 2.20. The third-order valence-electron chi connectivity index (χ3n) is 11.6. The number of para-hydroxylation sites is 1. The molecule has 24 heteroatoms. The lowest BCUT2D eigenvalue weighted by atomic mass is 10.0. The van der Waals surface area contributed by atoms with Gasteiger partial charge in [-0.2, -0.15) is 0 Å². The molecule has 4 aromatic rings. The molecule has 0 bridgehead atoms. The number of aromatic nitrogens is 3. The summed E-state index contributed by atoms with van der Waals surface area (Å²) in [6, 6.07) is 6.68. The number of guanidine groups is 1. The first-order valence-corrected chi connectivity index (χ1v) is 23.2. The molecule has 7 atom stereocenters. The number of hydrogen-bond donors (Lipinski definition) is 13. The molecule has 3 heterocycles. The Balaban J connectivity index is 1.48. The number of aromatic amines is 2. The molecule has 0 spiro atoms. The fourth-order valence-corrected chi connectivity index (χ4v) is 7.85. The number of benzene rings is 2. The Kier molecular flexibility index (Phi) is 20.0. The summed E-state index contributed by atoms with van der Waals surface area (Å²) in [5.41, 5.74) is 19.1. The van der Waals surface area contributed by atoms with E-state index in [1.807, 2.05) is 24.3 Å². The summed E-state index contributed by atoms with van der Waals surface area (Å²) < 4.78 is 0. The molecule has 0 saturated carbocycles. The minimum Gasteiger partial charge on any atom is -0.370 e. The van der Waals surface area contributed by atoms with Gasteiger partial charge in [-0.1, -0.05) is 48.5 Å². The molecule has 16 N–H and O–H groups in total. The zero-order chi connectivity index (χ0) is 51.5. The molecule has 9 amide bonds. The van der Waals surface area contributed by atoms with Gasteiger partial charge < -0.3 is 69.7 Å². The predicted molar refractivity (Wildman–Crippen MR) is 260 cm³/mol. The Labute approximate surface area is 409 Å². The number of nitrogens with zero attached hydrogens (tertiary/aromatic N) is 2. The Morgan fingerprint density at radius 1 is 0.775 bits per heavy atom. The number of carbonyl (C=O) groups excluding carboxylic acids is 9. The van der Waals surface area contributed by atoms with Gasteiger partial charge in [0.15, 0.2) is 5.96 Å². The zero-order valence-electron chi connectivity index (χ0n) is 39.5. The van der Waals surface area contributed by atoms with Gasteiger partial charge >= 0.3 is 0 Å². The number of nitrogens with one attached hydrogen (secondary N) is 10. The topological polar surface area (TPSA) is 385 Å². The average Bonchev–Trinajstić information content (AvgIpc) is 4.00. The van der Waals surface area contributed by atoms with Gasteiger partial charge in [-0.3, -0.25) is 48.1 Å². The largest absolute Gasteiger partial charge is 0.370 e. The van der Waals surface area contributed by atoms with Gasteiger partial charge in [0.05, 0.1) is 12.7 Å². The van der Waals surface area contributed by atoms with Crippen LogP contribution in [0, 0.1) is 0 Å². The van der Waals surface area contributed by atoms with Crippen molar-refractivity contribution >= 4 is 70.0 Å². The maximum absolute atomic E-state index is 14.4. The monoisotopic (exact) mass is 981 g/mol. The number of imidazole rings is 1. The van der Waals surface area contributed by atoms with Crippen molar-refractivity contribution in [3.63, 3.8) is 0 Å². The third-order valence-corrected chi connectivity index (χ3v) is 11.6. The minimum atomic E-state index is -1.62. The van der Waals surface area contributed by atoms with E-state index in [4.69, 9.17) is 17.2 Å². The van der Waals surface area contributed by atoms with Crippen molar-refractivity contribution in [1.29, 1.82) is 0 Å². The van der Waals surface area contributed by atoms with Crippen molar-refractivity contribution in [3.8, 4) is 0 Å². The van der Waals surface area contributed by atoms with Crippen molar-refractivity contribution < 1.29 is 43.2 Å². The van der Waals surface area contributed by atoms with Crippen LogP contribution in [-0.4, -0.2) is 129 Å². The number of fused-ring (bicyclic) bond motifs is 1. The second kappa shape index (κ2) is 26.4. The molecule has 1 fully saturated rings. The number of hydrogen-bond acceptors (Lipinski definition) is 11. The lowest BCUT2D eigenvalue weighted by Crippen LogP contribution is -2.60. The first-order valence-electron chi connectivity index (χ1n) is 23.2. The smallest absolute Gasteiger partial charge is 0.243 e. The molecular formula is C47H63N15O9. The van der Waals surface area contributed by atoms with Crippen LogP contribution in [0.25, 0.3) is 10.9 Å². The maximum Gasteiger partial charge on any atom is 0.243 e. The standard InChI is InChI=1S/C47H63N15O9/c1-26-41(66)59-36(20-29-23-54-32-14-7-6-13-31(29)32)44(69)58-33(40(48)65)15-8-9-17-52-39(64)22-38(62-42(67)34(57-27(2)63)16-10-18-53-47(49)50)46(71)61-37(21-30-24-51-25-55-30)45(70)60-35(43(68)56-26)19-28-11-4-3-5-12-28/h3-7,11-14,23-26,33-38,54H,8-10,15-22H2,1-2H3,(H2,48,65)(H,51,55)(H,52,64)(H,56,68)(H,57,63)(H,58,69)(H,59,66)(H,60,70)(H,61,71)(H,62,67)(H4,49,50,53). The molecule has 380 valence electrons. The quantitative estimate of drug-likeness (QED) is 0.0357. The number of carbonyl (C=O) groups is 9. The van der Waals surface area contributed by atoms with Crippen LogP contribution in [0.15, 0.2) is 78.3 Å². The van der Waals surface area contributed by atoms with Gasteiger partial charge in [0.2, 0.25) is 53.2 Å². The molecule has 5 rings (SSSR count). The fourth-order valence-electron chi connectivity index (χ4n) is 7.85. The van der Waals surface area contributed by atoms with Crippen molar-refractivity contribution in [3.05, 3.63) is 90.1 Å². The van der Waals surface area contributed by atoms with Crippen molar-refractivity contribution in [1.82, 2.24) is 57.5 Å². The summed E-state index contributed by atoms with van der Waals surface area (Å²) in [6.45, 7) is 2.75. The van der Waals surface area contributed by atoms with Crippen LogP contribution in [0.5, 0.6) is 0 Å². The van der Waals surface area contributed by atoms with Gasteiger partial charge in [0.25, 0.3) is 0 Å².